The highest BCUT2D eigenvalue weighted by molar-refractivity contribution is 8.17. The Morgan fingerprint density at radius 1 is 1.60 bits per heavy atom. The highest BCUT2D eigenvalue weighted by atomic mass is 32.2. The maximum absolute atomic E-state index is 4.20. The minimum atomic E-state index is 0.540. The molecule has 0 saturated carbocycles. The third kappa shape index (κ3) is 1.76. The molecule has 1 rings (SSSR count). The Morgan fingerprint density at radius 2 is 2.30 bits per heavy atom. The van der Waals surface area contributed by atoms with Crippen molar-refractivity contribution < 1.29 is 0 Å². The van der Waals surface area contributed by atoms with Gasteiger partial charge >= 0.3 is 0 Å². The van der Waals surface area contributed by atoms with Crippen molar-refractivity contribution in [3.05, 3.63) is 16.8 Å². The zero-order valence-electron chi connectivity index (χ0n) is 6.51. The van der Waals surface area contributed by atoms with E-state index in [1.807, 2.05) is 0 Å². The number of rotatable bonds is 1. The van der Waals surface area contributed by atoms with Crippen molar-refractivity contribution in [2.75, 3.05) is 0 Å². The minimum absolute atomic E-state index is 0.540. The Balaban J connectivity index is 2.73. The number of thioether (sulfide) groups is 1. The molecule has 0 aromatic rings. The van der Waals surface area contributed by atoms with Crippen LogP contribution in [0.3, 0.4) is 0 Å². The van der Waals surface area contributed by atoms with Gasteiger partial charge in [-0.15, -0.1) is 0 Å². The van der Waals surface area contributed by atoms with Gasteiger partial charge in [-0.1, -0.05) is 31.3 Å². The molecule has 0 radical (unpaired) electrons. The van der Waals surface area contributed by atoms with Gasteiger partial charge in [0.25, 0.3) is 0 Å². The van der Waals surface area contributed by atoms with Crippen molar-refractivity contribution in [2.24, 2.45) is 10.9 Å². The van der Waals surface area contributed by atoms with Gasteiger partial charge in [0.2, 0.25) is 0 Å². The SMILES string of the molecule is CC1=C=CN=C(C(C)C)S1. The molecule has 10 heavy (non-hydrogen) atoms. The molecule has 1 nitrogen and oxygen atoms in total. The Morgan fingerprint density at radius 3 is 2.70 bits per heavy atom. The molecule has 1 aliphatic heterocycles. The quantitative estimate of drug-likeness (QED) is 0.528. The van der Waals surface area contributed by atoms with Gasteiger partial charge in [0.05, 0.1) is 11.2 Å². The van der Waals surface area contributed by atoms with Gasteiger partial charge in [0.1, 0.15) is 0 Å². The predicted molar refractivity (Wildman–Crippen MR) is 47.1 cm³/mol. The molecular formula is C8H11NS. The molecule has 1 heterocycles. The number of nitrogens with zero attached hydrogens (tertiary/aromatic N) is 1. The van der Waals surface area contributed by atoms with E-state index in [2.05, 4.69) is 31.5 Å². The topological polar surface area (TPSA) is 12.4 Å². The average molecular weight is 153 g/mol. The van der Waals surface area contributed by atoms with Gasteiger partial charge in [-0.2, -0.15) is 0 Å². The van der Waals surface area contributed by atoms with Crippen molar-refractivity contribution in [1.82, 2.24) is 0 Å². The van der Waals surface area contributed by atoms with E-state index >= 15 is 0 Å². The fraction of sp³-hybridized carbons (Fsp3) is 0.500. The number of hydrogen-bond acceptors (Lipinski definition) is 2. The van der Waals surface area contributed by atoms with Crippen molar-refractivity contribution in [3.63, 3.8) is 0 Å². The maximum atomic E-state index is 4.20. The van der Waals surface area contributed by atoms with Crippen LogP contribution in [0.1, 0.15) is 20.8 Å². The maximum Gasteiger partial charge on any atom is 0.0814 e. The van der Waals surface area contributed by atoms with Crippen molar-refractivity contribution >= 4 is 16.8 Å². The van der Waals surface area contributed by atoms with Gasteiger partial charge in [-0.3, -0.25) is 0 Å². The van der Waals surface area contributed by atoms with Crippen LogP contribution >= 0.6 is 11.8 Å². The molecule has 0 atom stereocenters. The fourth-order valence-corrected chi connectivity index (χ4v) is 1.43. The van der Waals surface area contributed by atoms with Gasteiger partial charge in [0.15, 0.2) is 0 Å². The molecule has 1 aliphatic rings. The van der Waals surface area contributed by atoms with Crippen molar-refractivity contribution in [3.8, 4) is 0 Å². The molecule has 0 aromatic carbocycles. The van der Waals surface area contributed by atoms with Crippen LogP contribution in [0.25, 0.3) is 0 Å². The predicted octanol–water partition coefficient (Wildman–Crippen LogP) is 2.80. The summed E-state index contributed by atoms with van der Waals surface area (Å²) in [5.41, 5.74) is 3.03. The first kappa shape index (κ1) is 7.64. The van der Waals surface area contributed by atoms with Crippen molar-refractivity contribution in [2.45, 2.75) is 20.8 Å². The zero-order chi connectivity index (χ0) is 7.56. The highest BCUT2D eigenvalue weighted by Gasteiger charge is 2.07. The van der Waals surface area contributed by atoms with Crippen LogP contribution in [0.4, 0.5) is 0 Å². The average Bonchev–Trinajstić information content (AvgIpc) is 1.88. The number of hydrogen-bond donors (Lipinski definition) is 0. The molecule has 2 heteroatoms. The summed E-state index contributed by atoms with van der Waals surface area (Å²) in [7, 11) is 0. The lowest BCUT2D eigenvalue weighted by molar-refractivity contribution is 0.900. The van der Waals surface area contributed by atoms with E-state index in [4.69, 9.17) is 0 Å². The molecule has 0 fully saturated rings. The molecule has 0 bridgehead atoms. The molecule has 0 aliphatic carbocycles. The van der Waals surface area contributed by atoms with E-state index < -0.39 is 0 Å². The summed E-state index contributed by atoms with van der Waals surface area (Å²) in [4.78, 5) is 5.41. The van der Waals surface area contributed by atoms with Crippen LogP contribution < -0.4 is 0 Å². The van der Waals surface area contributed by atoms with Crippen LogP contribution in [0, 0.1) is 5.92 Å². The van der Waals surface area contributed by atoms with Gasteiger partial charge in [0, 0.05) is 10.8 Å². The number of aliphatic imine (C=N–C) groups is 1. The van der Waals surface area contributed by atoms with Gasteiger partial charge in [-0.25, -0.2) is 4.99 Å². The summed E-state index contributed by atoms with van der Waals surface area (Å²) in [6.45, 7) is 6.36. The first-order valence-electron chi connectivity index (χ1n) is 3.37. The summed E-state index contributed by atoms with van der Waals surface area (Å²) < 4.78 is 0. The second-order valence-corrected chi connectivity index (χ2v) is 3.79. The molecule has 0 N–H and O–H groups in total. The highest BCUT2D eigenvalue weighted by Crippen LogP contribution is 2.23. The molecule has 0 amide bonds. The van der Waals surface area contributed by atoms with E-state index in [-0.39, 0.29) is 0 Å². The lowest BCUT2D eigenvalue weighted by atomic mass is 10.2. The lowest BCUT2D eigenvalue weighted by Gasteiger charge is -2.08. The Labute approximate surface area is 65.9 Å². The fourth-order valence-electron chi connectivity index (χ4n) is 0.666. The molecular weight excluding hydrogens is 142 g/mol. The van der Waals surface area contributed by atoms with Crippen LogP contribution in [0.2, 0.25) is 0 Å². The molecule has 0 saturated heterocycles. The Hall–Kier alpha value is -0.460. The lowest BCUT2D eigenvalue weighted by Crippen LogP contribution is -2.02. The summed E-state index contributed by atoms with van der Waals surface area (Å²) in [6, 6.07) is 0. The molecule has 0 spiro atoms. The smallest absolute Gasteiger partial charge is 0.0814 e. The Bertz CT molecular complexity index is 219. The standard InChI is InChI=1S/C8H11NS/c1-6(2)8-9-5-4-7(3)10-8/h5-6H,1-3H3. The molecule has 0 aromatic heterocycles. The third-order valence-electron chi connectivity index (χ3n) is 1.21. The van der Waals surface area contributed by atoms with E-state index in [0.29, 0.717) is 5.92 Å². The van der Waals surface area contributed by atoms with E-state index in [1.54, 1.807) is 18.0 Å². The molecule has 0 unspecified atom stereocenters. The third-order valence-corrected chi connectivity index (χ3v) is 2.42. The minimum Gasteiger partial charge on any atom is -0.245 e. The molecule has 54 valence electrons. The van der Waals surface area contributed by atoms with E-state index in [9.17, 15) is 0 Å². The summed E-state index contributed by atoms with van der Waals surface area (Å²) in [6.07, 6.45) is 1.75. The van der Waals surface area contributed by atoms with Gasteiger partial charge in [-0.05, 0) is 6.92 Å². The van der Waals surface area contributed by atoms with Crippen LogP contribution in [-0.2, 0) is 0 Å². The monoisotopic (exact) mass is 153 g/mol. The van der Waals surface area contributed by atoms with Gasteiger partial charge < -0.3 is 0 Å². The normalized spacial score (nSPS) is 17.2. The zero-order valence-corrected chi connectivity index (χ0v) is 7.33. The van der Waals surface area contributed by atoms with Crippen LogP contribution in [0.5, 0.6) is 0 Å². The van der Waals surface area contributed by atoms with E-state index in [0.717, 1.165) is 0 Å². The second kappa shape index (κ2) is 3.09. The Kier molecular flexibility index (Phi) is 2.36. The van der Waals surface area contributed by atoms with Crippen molar-refractivity contribution in [1.29, 1.82) is 0 Å². The number of allylic oxidation sites excluding steroid dienone is 1. The van der Waals surface area contributed by atoms with E-state index in [1.165, 1.54) is 9.95 Å². The summed E-state index contributed by atoms with van der Waals surface area (Å²) >= 11 is 1.72. The van der Waals surface area contributed by atoms with Crippen LogP contribution in [0.15, 0.2) is 21.8 Å². The summed E-state index contributed by atoms with van der Waals surface area (Å²) in [5.74, 6) is 0.540. The second-order valence-electron chi connectivity index (χ2n) is 2.55. The largest absolute Gasteiger partial charge is 0.245 e. The van der Waals surface area contributed by atoms with Crippen LogP contribution in [-0.4, -0.2) is 5.04 Å². The first-order valence-corrected chi connectivity index (χ1v) is 4.19. The summed E-state index contributed by atoms with van der Waals surface area (Å²) in [5, 5.41) is 1.19. The first-order chi connectivity index (χ1) is 4.70.